The van der Waals surface area contributed by atoms with Crippen molar-refractivity contribution in [2.75, 3.05) is 0 Å². The van der Waals surface area contributed by atoms with Crippen LogP contribution in [0.15, 0.2) is 54.6 Å². The van der Waals surface area contributed by atoms with Crippen LogP contribution in [0.5, 0.6) is 0 Å². The Kier molecular flexibility index (Phi) is 6.29. The van der Waals surface area contributed by atoms with Crippen molar-refractivity contribution < 1.29 is 8.78 Å². The van der Waals surface area contributed by atoms with Gasteiger partial charge in [-0.15, -0.1) is 0 Å². The minimum atomic E-state index is -0.607. The monoisotopic (exact) mass is 400 g/mol. The Morgan fingerprint density at radius 1 is 0.700 bits per heavy atom. The first-order valence-corrected chi connectivity index (χ1v) is 10.9. The number of rotatable bonds is 6. The van der Waals surface area contributed by atoms with Crippen molar-refractivity contribution in [2.45, 2.75) is 51.9 Å². The number of unbranched alkanes of at least 4 members (excludes halogenated alkanes) is 4. The summed E-state index contributed by atoms with van der Waals surface area (Å²) in [6.45, 7) is 2.25. The average molecular weight is 401 g/mol. The molecule has 0 fully saturated rings. The van der Waals surface area contributed by atoms with E-state index in [1.807, 2.05) is 6.07 Å². The molecule has 0 aliphatic heterocycles. The summed E-state index contributed by atoms with van der Waals surface area (Å²) in [6, 6.07) is 16.4. The predicted octanol–water partition coefficient (Wildman–Crippen LogP) is 7.45. The first kappa shape index (κ1) is 20.4. The number of hydrogen-bond acceptors (Lipinski definition) is 0. The standard InChI is InChI=1S/C28H26F2/c1-2-3-4-5-6-7-20-10-12-27-23(14-20)18-24-15-21(11-13-28(24)27)8-9-22-16-25(29)19-26(30)17-22/h10-17,19H,2-7,18H2,1H3. The molecule has 3 aromatic rings. The van der Waals surface area contributed by atoms with Gasteiger partial charge in [0.15, 0.2) is 0 Å². The fraction of sp³-hybridized carbons (Fsp3) is 0.286. The molecular formula is C28H26F2. The second-order valence-corrected chi connectivity index (χ2v) is 8.11. The highest BCUT2D eigenvalue weighted by atomic mass is 19.1. The molecular weight excluding hydrogens is 374 g/mol. The van der Waals surface area contributed by atoms with Gasteiger partial charge in [-0.3, -0.25) is 0 Å². The Hall–Kier alpha value is -2.92. The van der Waals surface area contributed by atoms with E-state index in [2.05, 4.69) is 49.1 Å². The Bertz CT molecular complexity index is 1090. The van der Waals surface area contributed by atoms with Crippen LogP contribution in [0.3, 0.4) is 0 Å². The number of aryl methyl sites for hydroxylation is 1. The first-order chi connectivity index (χ1) is 14.6. The molecule has 0 aromatic heterocycles. The maximum Gasteiger partial charge on any atom is 0.127 e. The smallest absolute Gasteiger partial charge is 0.127 e. The van der Waals surface area contributed by atoms with Crippen molar-refractivity contribution in [3.8, 4) is 23.0 Å². The van der Waals surface area contributed by atoms with Crippen molar-refractivity contribution in [3.05, 3.63) is 94.0 Å². The molecule has 152 valence electrons. The molecule has 4 rings (SSSR count). The zero-order valence-corrected chi connectivity index (χ0v) is 17.4. The van der Waals surface area contributed by atoms with E-state index in [1.165, 1.54) is 72.1 Å². The molecule has 0 saturated heterocycles. The lowest BCUT2D eigenvalue weighted by Gasteiger charge is -2.06. The number of halogens is 2. The topological polar surface area (TPSA) is 0 Å². The Balaban J connectivity index is 1.47. The highest BCUT2D eigenvalue weighted by Crippen LogP contribution is 2.37. The summed E-state index contributed by atoms with van der Waals surface area (Å²) in [7, 11) is 0. The molecule has 2 heteroatoms. The minimum absolute atomic E-state index is 0.347. The molecule has 0 unspecified atom stereocenters. The van der Waals surface area contributed by atoms with Crippen molar-refractivity contribution >= 4 is 0 Å². The number of hydrogen-bond donors (Lipinski definition) is 0. The minimum Gasteiger partial charge on any atom is -0.207 e. The van der Waals surface area contributed by atoms with E-state index in [0.717, 1.165) is 24.5 Å². The third-order valence-corrected chi connectivity index (χ3v) is 5.73. The van der Waals surface area contributed by atoms with Crippen molar-refractivity contribution in [3.63, 3.8) is 0 Å². The normalized spacial score (nSPS) is 11.6. The fourth-order valence-electron chi connectivity index (χ4n) is 4.20. The van der Waals surface area contributed by atoms with Gasteiger partial charge >= 0.3 is 0 Å². The van der Waals surface area contributed by atoms with Crippen molar-refractivity contribution in [2.24, 2.45) is 0 Å². The second kappa shape index (κ2) is 9.26. The quantitative estimate of drug-likeness (QED) is 0.233. The molecule has 0 radical (unpaired) electrons. The van der Waals surface area contributed by atoms with Crippen LogP contribution in [0, 0.1) is 23.5 Å². The summed E-state index contributed by atoms with van der Waals surface area (Å²) in [5, 5.41) is 0. The van der Waals surface area contributed by atoms with E-state index in [0.29, 0.717) is 5.56 Å². The predicted molar refractivity (Wildman–Crippen MR) is 119 cm³/mol. The van der Waals surface area contributed by atoms with Crippen molar-refractivity contribution in [1.29, 1.82) is 0 Å². The van der Waals surface area contributed by atoms with Gasteiger partial charge in [0.1, 0.15) is 11.6 Å². The summed E-state index contributed by atoms with van der Waals surface area (Å²) < 4.78 is 26.7. The highest BCUT2D eigenvalue weighted by molar-refractivity contribution is 5.77. The summed E-state index contributed by atoms with van der Waals surface area (Å²) in [4.78, 5) is 0. The summed E-state index contributed by atoms with van der Waals surface area (Å²) >= 11 is 0. The Morgan fingerprint density at radius 2 is 1.37 bits per heavy atom. The summed E-state index contributed by atoms with van der Waals surface area (Å²) in [5.41, 5.74) is 7.86. The van der Waals surface area contributed by atoms with Gasteiger partial charge in [0, 0.05) is 17.2 Å². The van der Waals surface area contributed by atoms with E-state index in [1.54, 1.807) is 0 Å². The van der Waals surface area contributed by atoms with Gasteiger partial charge in [0.25, 0.3) is 0 Å². The second-order valence-electron chi connectivity index (χ2n) is 8.11. The molecule has 0 nitrogen and oxygen atoms in total. The molecule has 0 heterocycles. The Labute approximate surface area is 178 Å². The number of benzene rings is 3. The lowest BCUT2D eigenvalue weighted by atomic mass is 9.99. The van der Waals surface area contributed by atoms with E-state index in [9.17, 15) is 8.78 Å². The van der Waals surface area contributed by atoms with Crippen molar-refractivity contribution in [1.82, 2.24) is 0 Å². The fourth-order valence-corrected chi connectivity index (χ4v) is 4.20. The maximum absolute atomic E-state index is 13.3. The maximum atomic E-state index is 13.3. The molecule has 3 aromatic carbocycles. The zero-order chi connectivity index (χ0) is 20.9. The highest BCUT2D eigenvalue weighted by Gasteiger charge is 2.18. The third-order valence-electron chi connectivity index (χ3n) is 5.73. The molecule has 0 amide bonds. The molecule has 0 N–H and O–H groups in total. The van der Waals surface area contributed by atoms with Gasteiger partial charge in [-0.05, 0) is 71.3 Å². The van der Waals surface area contributed by atoms with Gasteiger partial charge in [-0.25, -0.2) is 8.78 Å². The van der Waals surface area contributed by atoms with Gasteiger partial charge in [-0.1, -0.05) is 68.7 Å². The third kappa shape index (κ3) is 4.79. The van der Waals surface area contributed by atoms with Crippen LogP contribution < -0.4 is 0 Å². The van der Waals surface area contributed by atoms with Gasteiger partial charge in [0.2, 0.25) is 0 Å². The molecule has 0 atom stereocenters. The zero-order valence-electron chi connectivity index (χ0n) is 17.4. The van der Waals surface area contributed by atoms with E-state index < -0.39 is 11.6 Å². The molecule has 0 bridgehead atoms. The first-order valence-electron chi connectivity index (χ1n) is 10.9. The van der Waals surface area contributed by atoms with Crippen LogP contribution in [0.1, 0.15) is 66.8 Å². The summed E-state index contributed by atoms with van der Waals surface area (Å²) in [6.07, 6.45) is 8.57. The van der Waals surface area contributed by atoms with Gasteiger partial charge in [-0.2, -0.15) is 0 Å². The number of fused-ring (bicyclic) bond motifs is 3. The Morgan fingerprint density at radius 3 is 2.13 bits per heavy atom. The largest absolute Gasteiger partial charge is 0.207 e. The van der Waals surface area contributed by atoms with Gasteiger partial charge in [0.05, 0.1) is 0 Å². The molecule has 1 aliphatic rings. The molecule has 0 spiro atoms. The lowest BCUT2D eigenvalue weighted by Crippen LogP contribution is -1.89. The van der Waals surface area contributed by atoms with Crippen LogP contribution in [-0.4, -0.2) is 0 Å². The van der Waals surface area contributed by atoms with Crippen LogP contribution in [0.25, 0.3) is 11.1 Å². The van der Waals surface area contributed by atoms with E-state index in [-0.39, 0.29) is 0 Å². The van der Waals surface area contributed by atoms with Crippen LogP contribution in [0.2, 0.25) is 0 Å². The molecule has 0 saturated carbocycles. The van der Waals surface area contributed by atoms with Gasteiger partial charge < -0.3 is 0 Å². The van der Waals surface area contributed by atoms with E-state index in [4.69, 9.17) is 0 Å². The molecule has 1 aliphatic carbocycles. The average Bonchev–Trinajstić information content (AvgIpc) is 3.08. The van der Waals surface area contributed by atoms with Crippen LogP contribution in [0.4, 0.5) is 8.78 Å². The van der Waals surface area contributed by atoms with E-state index >= 15 is 0 Å². The lowest BCUT2D eigenvalue weighted by molar-refractivity contribution is 0.582. The SMILES string of the molecule is CCCCCCCc1ccc2c(c1)Cc1cc(C#Cc3cc(F)cc(F)c3)ccc1-2. The van der Waals surface area contributed by atoms with Crippen LogP contribution in [-0.2, 0) is 12.8 Å². The van der Waals surface area contributed by atoms with Crippen LogP contribution >= 0.6 is 0 Å². The summed E-state index contributed by atoms with van der Waals surface area (Å²) in [5.74, 6) is 4.70. The molecule has 30 heavy (non-hydrogen) atoms.